The smallest absolute Gasteiger partial charge is 0.254 e. The van der Waals surface area contributed by atoms with Gasteiger partial charge in [-0.3, -0.25) is 4.79 Å². The summed E-state index contributed by atoms with van der Waals surface area (Å²) < 4.78 is 25.1. The van der Waals surface area contributed by atoms with E-state index in [2.05, 4.69) is 5.32 Å². The predicted octanol–water partition coefficient (Wildman–Crippen LogP) is 4.38. The summed E-state index contributed by atoms with van der Waals surface area (Å²) in [5.41, 5.74) is 0.842. The lowest BCUT2D eigenvalue weighted by Gasteiger charge is -2.25. The van der Waals surface area contributed by atoms with Crippen molar-refractivity contribution in [1.82, 2.24) is 5.32 Å². The maximum Gasteiger partial charge on any atom is 0.254 e. The fourth-order valence-corrected chi connectivity index (χ4v) is 2.94. The van der Waals surface area contributed by atoms with Gasteiger partial charge in [0.15, 0.2) is 11.5 Å². The summed E-state index contributed by atoms with van der Waals surface area (Å²) in [4.78, 5) is 12.5. The van der Waals surface area contributed by atoms with E-state index in [1.54, 1.807) is 0 Å². The van der Waals surface area contributed by atoms with Crippen LogP contribution >= 0.6 is 11.6 Å². The fourth-order valence-electron chi connectivity index (χ4n) is 2.78. The number of benzene rings is 2. The molecule has 1 aliphatic rings. The second-order valence-electron chi connectivity index (χ2n) is 6.22. The molecule has 0 bridgehead atoms. The molecular formula is C19H19ClFNO3. The van der Waals surface area contributed by atoms with E-state index >= 15 is 0 Å². The Morgan fingerprint density at radius 1 is 1.12 bits per heavy atom. The highest BCUT2D eigenvalue weighted by Gasteiger charge is 2.23. The molecule has 1 heterocycles. The molecule has 0 fully saturated rings. The SMILES string of the molecule is CC(C)C(NC(=O)c1ccc(Cl)cc1F)c1ccc2c(c1)OCCO2. The van der Waals surface area contributed by atoms with Gasteiger partial charge in [-0.25, -0.2) is 4.39 Å². The van der Waals surface area contributed by atoms with Gasteiger partial charge in [0, 0.05) is 5.02 Å². The topological polar surface area (TPSA) is 47.6 Å². The van der Waals surface area contributed by atoms with Crippen LogP contribution in [-0.2, 0) is 0 Å². The van der Waals surface area contributed by atoms with Crippen LogP contribution in [0.25, 0.3) is 0 Å². The van der Waals surface area contributed by atoms with Crippen LogP contribution in [0.5, 0.6) is 11.5 Å². The van der Waals surface area contributed by atoms with E-state index in [0.29, 0.717) is 24.7 Å². The summed E-state index contributed by atoms with van der Waals surface area (Å²) >= 11 is 5.74. The zero-order chi connectivity index (χ0) is 18.0. The molecule has 0 saturated heterocycles. The van der Waals surface area contributed by atoms with Crippen LogP contribution in [0.15, 0.2) is 36.4 Å². The van der Waals surface area contributed by atoms with Gasteiger partial charge in [-0.15, -0.1) is 0 Å². The molecule has 6 heteroatoms. The van der Waals surface area contributed by atoms with Gasteiger partial charge in [-0.2, -0.15) is 0 Å². The molecule has 1 aliphatic heterocycles. The molecule has 0 aliphatic carbocycles. The van der Waals surface area contributed by atoms with Gasteiger partial charge in [0.05, 0.1) is 11.6 Å². The van der Waals surface area contributed by atoms with E-state index < -0.39 is 11.7 Å². The zero-order valence-electron chi connectivity index (χ0n) is 14.0. The summed E-state index contributed by atoms with van der Waals surface area (Å²) in [5.74, 6) is 0.313. The number of carbonyl (C=O) groups excluding carboxylic acids is 1. The molecule has 3 rings (SSSR count). The van der Waals surface area contributed by atoms with Crippen molar-refractivity contribution in [1.29, 1.82) is 0 Å². The van der Waals surface area contributed by atoms with Crippen molar-refractivity contribution in [3.05, 3.63) is 58.4 Å². The molecule has 0 spiro atoms. The molecule has 1 amide bonds. The molecule has 1 N–H and O–H groups in total. The van der Waals surface area contributed by atoms with Crippen LogP contribution in [0.1, 0.15) is 35.8 Å². The van der Waals surface area contributed by atoms with Gasteiger partial charge in [0.25, 0.3) is 5.91 Å². The van der Waals surface area contributed by atoms with Crippen molar-refractivity contribution >= 4 is 17.5 Å². The van der Waals surface area contributed by atoms with Gasteiger partial charge in [0.1, 0.15) is 19.0 Å². The molecule has 2 aromatic carbocycles. The van der Waals surface area contributed by atoms with E-state index in [0.717, 1.165) is 11.6 Å². The number of ether oxygens (including phenoxy) is 2. The minimum atomic E-state index is -0.644. The number of hydrogen-bond donors (Lipinski definition) is 1. The van der Waals surface area contributed by atoms with Crippen molar-refractivity contribution in [2.24, 2.45) is 5.92 Å². The quantitative estimate of drug-likeness (QED) is 0.877. The first kappa shape index (κ1) is 17.5. The monoisotopic (exact) mass is 363 g/mol. The second-order valence-corrected chi connectivity index (χ2v) is 6.66. The van der Waals surface area contributed by atoms with E-state index in [9.17, 15) is 9.18 Å². The number of nitrogens with one attached hydrogen (secondary N) is 1. The van der Waals surface area contributed by atoms with Gasteiger partial charge in [-0.05, 0) is 41.8 Å². The van der Waals surface area contributed by atoms with E-state index in [-0.39, 0.29) is 22.5 Å². The molecule has 4 nitrogen and oxygen atoms in total. The fraction of sp³-hybridized carbons (Fsp3) is 0.316. The number of amides is 1. The molecule has 2 aromatic rings. The van der Waals surface area contributed by atoms with Crippen LogP contribution in [0.3, 0.4) is 0 Å². The van der Waals surface area contributed by atoms with E-state index in [1.165, 1.54) is 12.1 Å². The van der Waals surface area contributed by atoms with Crippen molar-refractivity contribution in [3.8, 4) is 11.5 Å². The number of rotatable bonds is 4. The third-order valence-corrected chi connectivity index (χ3v) is 4.29. The molecule has 0 saturated carbocycles. The first-order valence-electron chi connectivity index (χ1n) is 8.11. The van der Waals surface area contributed by atoms with Gasteiger partial charge in [-0.1, -0.05) is 31.5 Å². The lowest BCUT2D eigenvalue weighted by Crippen LogP contribution is -2.32. The van der Waals surface area contributed by atoms with Gasteiger partial charge in [0.2, 0.25) is 0 Å². The first-order chi connectivity index (χ1) is 12.0. The Bertz CT molecular complexity index is 794. The van der Waals surface area contributed by atoms with Crippen LogP contribution in [0, 0.1) is 11.7 Å². The summed E-state index contributed by atoms with van der Waals surface area (Å²) in [7, 11) is 0. The van der Waals surface area contributed by atoms with Crippen LogP contribution in [-0.4, -0.2) is 19.1 Å². The summed E-state index contributed by atoms with van der Waals surface area (Å²) in [6, 6.07) is 9.29. The molecule has 1 atom stereocenters. The summed E-state index contributed by atoms with van der Waals surface area (Å²) in [6.45, 7) is 4.98. The Kier molecular flexibility index (Phi) is 5.13. The Morgan fingerprint density at radius 2 is 1.84 bits per heavy atom. The summed E-state index contributed by atoms with van der Waals surface area (Å²) in [6.07, 6.45) is 0. The summed E-state index contributed by atoms with van der Waals surface area (Å²) in [5, 5.41) is 3.15. The molecule has 25 heavy (non-hydrogen) atoms. The highest BCUT2D eigenvalue weighted by Crippen LogP contribution is 2.34. The minimum Gasteiger partial charge on any atom is -0.486 e. The zero-order valence-corrected chi connectivity index (χ0v) is 14.8. The highest BCUT2D eigenvalue weighted by molar-refractivity contribution is 6.30. The molecule has 132 valence electrons. The maximum absolute atomic E-state index is 14.0. The second kappa shape index (κ2) is 7.31. The first-order valence-corrected chi connectivity index (χ1v) is 8.49. The largest absolute Gasteiger partial charge is 0.486 e. The van der Waals surface area contributed by atoms with Crippen molar-refractivity contribution in [3.63, 3.8) is 0 Å². The van der Waals surface area contributed by atoms with Crippen molar-refractivity contribution in [2.75, 3.05) is 13.2 Å². The third kappa shape index (κ3) is 3.87. The Morgan fingerprint density at radius 3 is 2.52 bits per heavy atom. The standard InChI is InChI=1S/C19H19ClFNO3/c1-11(2)18(12-3-6-16-17(9-12)25-8-7-24-16)22-19(23)14-5-4-13(20)10-15(14)21/h3-6,9-11,18H,7-8H2,1-2H3,(H,22,23). The number of hydrogen-bond acceptors (Lipinski definition) is 3. The maximum atomic E-state index is 14.0. The molecule has 0 radical (unpaired) electrons. The van der Waals surface area contributed by atoms with Crippen molar-refractivity contribution < 1.29 is 18.7 Å². The lowest BCUT2D eigenvalue weighted by molar-refractivity contribution is 0.0921. The number of fused-ring (bicyclic) bond motifs is 1. The van der Waals surface area contributed by atoms with Crippen LogP contribution in [0.4, 0.5) is 4.39 Å². The number of carbonyl (C=O) groups is 1. The third-order valence-electron chi connectivity index (χ3n) is 4.05. The van der Waals surface area contributed by atoms with E-state index in [1.807, 2.05) is 32.0 Å². The van der Waals surface area contributed by atoms with Gasteiger partial charge >= 0.3 is 0 Å². The molecule has 1 unspecified atom stereocenters. The lowest BCUT2D eigenvalue weighted by atomic mass is 9.95. The highest BCUT2D eigenvalue weighted by atomic mass is 35.5. The van der Waals surface area contributed by atoms with Crippen LogP contribution < -0.4 is 14.8 Å². The number of halogens is 2. The Balaban J connectivity index is 1.85. The Hall–Kier alpha value is -2.27. The van der Waals surface area contributed by atoms with Gasteiger partial charge < -0.3 is 14.8 Å². The molecule has 0 aromatic heterocycles. The van der Waals surface area contributed by atoms with Crippen LogP contribution in [0.2, 0.25) is 5.02 Å². The van der Waals surface area contributed by atoms with Crippen molar-refractivity contribution in [2.45, 2.75) is 19.9 Å². The van der Waals surface area contributed by atoms with E-state index in [4.69, 9.17) is 21.1 Å². The minimum absolute atomic E-state index is 0.0346. The average molecular weight is 364 g/mol. The predicted molar refractivity (Wildman–Crippen MR) is 93.9 cm³/mol. The normalized spacial score (nSPS) is 14.3. The molecular weight excluding hydrogens is 345 g/mol. The Labute approximate surface area is 150 Å². The average Bonchev–Trinajstić information content (AvgIpc) is 2.58.